The predicted octanol–water partition coefficient (Wildman–Crippen LogP) is 2.69. The molecule has 7 nitrogen and oxygen atoms in total. The van der Waals surface area contributed by atoms with Crippen LogP contribution >= 0.6 is 15.9 Å². The highest BCUT2D eigenvalue weighted by Crippen LogP contribution is 2.25. The number of hydrogen-bond donors (Lipinski definition) is 0. The minimum atomic E-state index is -0.488. The molecule has 128 valence electrons. The molecule has 1 aliphatic heterocycles. The number of amides is 1. The van der Waals surface area contributed by atoms with Crippen LogP contribution in [0, 0.1) is 0 Å². The van der Waals surface area contributed by atoms with Gasteiger partial charge in [-0.1, -0.05) is 0 Å². The molecule has 0 bridgehead atoms. The van der Waals surface area contributed by atoms with E-state index >= 15 is 0 Å². The lowest BCUT2D eigenvalue weighted by molar-refractivity contribution is 0.0158. The van der Waals surface area contributed by atoms with E-state index in [0.29, 0.717) is 30.1 Å². The fourth-order valence-corrected chi connectivity index (χ4v) is 2.74. The smallest absolute Gasteiger partial charge is 0.410 e. The third-order valence-electron chi connectivity index (χ3n) is 3.46. The summed E-state index contributed by atoms with van der Waals surface area (Å²) in [5.41, 5.74) is -0.488. The Kier molecular flexibility index (Phi) is 5.33. The van der Waals surface area contributed by atoms with Gasteiger partial charge in [-0.2, -0.15) is 4.98 Å². The molecule has 0 spiro atoms. The maximum absolute atomic E-state index is 12.2. The van der Waals surface area contributed by atoms with E-state index in [-0.39, 0.29) is 12.1 Å². The molecule has 0 unspecified atom stereocenters. The molecule has 1 fully saturated rings. The van der Waals surface area contributed by atoms with E-state index in [2.05, 4.69) is 30.8 Å². The Balaban J connectivity index is 2.05. The second kappa shape index (κ2) is 6.90. The zero-order chi connectivity index (χ0) is 17.2. The van der Waals surface area contributed by atoms with Gasteiger partial charge < -0.3 is 19.3 Å². The zero-order valence-corrected chi connectivity index (χ0v) is 15.8. The summed E-state index contributed by atoms with van der Waals surface area (Å²) in [6, 6.07) is 0.0232. The van der Waals surface area contributed by atoms with Gasteiger partial charge in [-0.15, -0.1) is 0 Å². The van der Waals surface area contributed by atoms with Gasteiger partial charge in [-0.05, 0) is 43.6 Å². The third-order valence-corrected chi connectivity index (χ3v) is 4.00. The van der Waals surface area contributed by atoms with Gasteiger partial charge in [0.15, 0.2) is 10.4 Å². The summed E-state index contributed by atoms with van der Waals surface area (Å²) >= 11 is 3.30. The van der Waals surface area contributed by atoms with Crippen LogP contribution < -0.4 is 9.64 Å². The highest BCUT2D eigenvalue weighted by atomic mass is 79.9. The van der Waals surface area contributed by atoms with E-state index in [0.717, 1.165) is 5.82 Å². The second-order valence-electron chi connectivity index (χ2n) is 6.50. The van der Waals surface area contributed by atoms with Crippen molar-refractivity contribution < 1.29 is 14.3 Å². The van der Waals surface area contributed by atoms with Gasteiger partial charge in [-0.3, -0.25) is 0 Å². The molecule has 23 heavy (non-hydrogen) atoms. The molecule has 1 amide bonds. The van der Waals surface area contributed by atoms with E-state index in [4.69, 9.17) is 9.47 Å². The summed E-state index contributed by atoms with van der Waals surface area (Å²) in [6.45, 7) is 9.53. The fourth-order valence-electron chi connectivity index (χ4n) is 2.39. The van der Waals surface area contributed by atoms with Gasteiger partial charge in [0.05, 0.1) is 13.3 Å². The summed E-state index contributed by atoms with van der Waals surface area (Å²) in [5, 5.41) is 0. The number of carbonyl (C=O) groups is 1. The van der Waals surface area contributed by atoms with Crippen molar-refractivity contribution in [3.63, 3.8) is 0 Å². The number of hydrogen-bond acceptors (Lipinski definition) is 6. The first-order chi connectivity index (χ1) is 10.7. The number of nitrogens with zero attached hydrogens (tertiary/aromatic N) is 4. The number of anilines is 1. The summed E-state index contributed by atoms with van der Waals surface area (Å²) in [7, 11) is 1.56. The largest absolute Gasteiger partial charge is 0.479 e. The molecular weight excluding hydrogens is 364 g/mol. The van der Waals surface area contributed by atoms with Gasteiger partial charge in [0, 0.05) is 25.7 Å². The maximum Gasteiger partial charge on any atom is 0.410 e. The number of piperazine rings is 1. The lowest BCUT2D eigenvalue weighted by Crippen LogP contribution is -2.55. The minimum absolute atomic E-state index is 0.0232. The van der Waals surface area contributed by atoms with Crippen molar-refractivity contribution in [2.45, 2.75) is 39.3 Å². The standard InChI is InChI=1S/C15H23BrN4O3/c1-10-9-19(11-8-17-12(16)13(18-11)22-5)6-7-20(10)14(21)23-15(2,3)4/h8,10H,6-7,9H2,1-5H3/t10-/m1/s1. The molecule has 0 saturated carbocycles. The predicted molar refractivity (Wildman–Crippen MR) is 90.9 cm³/mol. The van der Waals surface area contributed by atoms with Crippen molar-refractivity contribution in [2.75, 3.05) is 31.6 Å². The number of ether oxygens (including phenoxy) is 2. The molecule has 8 heteroatoms. The SMILES string of the molecule is COc1nc(N2CCN(C(=O)OC(C)(C)C)[C@H](C)C2)cnc1Br. The molecule has 0 aromatic carbocycles. The molecule has 0 aliphatic carbocycles. The molecule has 1 aliphatic rings. The van der Waals surface area contributed by atoms with Gasteiger partial charge >= 0.3 is 6.09 Å². The normalized spacial score (nSPS) is 18.8. The monoisotopic (exact) mass is 386 g/mol. The topological polar surface area (TPSA) is 67.8 Å². The van der Waals surface area contributed by atoms with Gasteiger partial charge in [0.25, 0.3) is 0 Å². The number of rotatable bonds is 2. The Morgan fingerprint density at radius 1 is 1.39 bits per heavy atom. The highest BCUT2D eigenvalue weighted by Gasteiger charge is 2.31. The number of halogens is 1. The Morgan fingerprint density at radius 3 is 2.65 bits per heavy atom. The van der Waals surface area contributed by atoms with Crippen molar-refractivity contribution in [3.8, 4) is 5.88 Å². The lowest BCUT2D eigenvalue weighted by Gasteiger charge is -2.40. The van der Waals surface area contributed by atoms with Crippen LogP contribution in [0.25, 0.3) is 0 Å². The first-order valence-electron chi connectivity index (χ1n) is 7.52. The molecule has 1 atom stereocenters. The molecular formula is C15H23BrN4O3. The molecule has 1 aromatic rings. The summed E-state index contributed by atoms with van der Waals surface area (Å²) in [5.74, 6) is 1.19. The average Bonchev–Trinajstić information content (AvgIpc) is 2.45. The quantitative estimate of drug-likeness (QED) is 0.778. The molecule has 0 N–H and O–H groups in total. The van der Waals surface area contributed by atoms with Crippen LogP contribution in [-0.2, 0) is 4.74 Å². The highest BCUT2D eigenvalue weighted by molar-refractivity contribution is 9.10. The van der Waals surface area contributed by atoms with Crippen molar-refractivity contribution in [1.29, 1.82) is 0 Å². The molecule has 2 heterocycles. The average molecular weight is 387 g/mol. The van der Waals surface area contributed by atoms with Crippen LogP contribution in [0.15, 0.2) is 10.8 Å². The van der Waals surface area contributed by atoms with Crippen LogP contribution in [0.1, 0.15) is 27.7 Å². The Hall–Kier alpha value is -1.57. The summed E-state index contributed by atoms with van der Waals surface area (Å²) < 4.78 is 11.2. The van der Waals surface area contributed by atoms with E-state index in [1.165, 1.54) is 0 Å². The zero-order valence-electron chi connectivity index (χ0n) is 14.2. The summed E-state index contributed by atoms with van der Waals surface area (Å²) in [6.07, 6.45) is 1.42. The third kappa shape index (κ3) is 4.46. The first kappa shape index (κ1) is 17.8. The first-order valence-corrected chi connectivity index (χ1v) is 8.31. The van der Waals surface area contributed by atoms with Crippen molar-refractivity contribution >= 4 is 27.8 Å². The minimum Gasteiger partial charge on any atom is -0.479 e. The van der Waals surface area contributed by atoms with Crippen LogP contribution in [0.2, 0.25) is 0 Å². The molecule has 1 aromatic heterocycles. The second-order valence-corrected chi connectivity index (χ2v) is 7.25. The van der Waals surface area contributed by atoms with Crippen molar-refractivity contribution in [2.24, 2.45) is 0 Å². The number of methoxy groups -OCH3 is 1. The van der Waals surface area contributed by atoms with E-state index in [1.807, 2.05) is 27.7 Å². The maximum atomic E-state index is 12.2. The Bertz CT molecular complexity index is 576. The number of aromatic nitrogens is 2. The number of carbonyl (C=O) groups excluding carboxylic acids is 1. The Morgan fingerprint density at radius 2 is 2.09 bits per heavy atom. The molecule has 0 radical (unpaired) electrons. The van der Waals surface area contributed by atoms with Gasteiger partial charge in [-0.25, -0.2) is 9.78 Å². The van der Waals surface area contributed by atoms with Crippen LogP contribution in [0.5, 0.6) is 5.88 Å². The fraction of sp³-hybridized carbons (Fsp3) is 0.667. The van der Waals surface area contributed by atoms with Crippen LogP contribution in [0.4, 0.5) is 10.6 Å². The lowest BCUT2D eigenvalue weighted by atomic mass is 10.2. The van der Waals surface area contributed by atoms with E-state index < -0.39 is 5.60 Å². The van der Waals surface area contributed by atoms with Gasteiger partial charge in [0.2, 0.25) is 5.88 Å². The van der Waals surface area contributed by atoms with Crippen LogP contribution in [-0.4, -0.2) is 59.3 Å². The van der Waals surface area contributed by atoms with E-state index in [1.54, 1.807) is 18.2 Å². The molecule has 2 rings (SSSR count). The van der Waals surface area contributed by atoms with Crippen molar-refractivity contribution in [1.82, 2.24) is 14.9 Å². The van der Waals surface area contributed by atoms with Gasteiger partial charge in [0.1, 0.15) is 5.60 Å². The van der Waals surface area contributed by atoms with Crippen molar-refractivity contribution in [3.05, 3.63) is 10.8 Å². The van der Waals surface area contributed by atoms with E-state index in [9.17, 15) is 4.79 Å². The Labute approximate surface area is 145 Å². The summed E-state index contributed by atoms with van der Waals surface area (Å²) in [4.78, 5) is 24.8. The molecule has 1 saturated heterocycles. The van der Waals surface area contributed by atoms with Crippen LogP contribution in [0.3, 0.4) is 0 Å².